The number of hydrogen-bond acceptors (Lipinski definition) is 5. The summed E-state index contributed by atoms with van der Waals surface area (Å²) in [7, 11) is -10.4. The topological polar surface area (TPSA) is 91.3 Å². The zero-order chi connectivity index (χ0) is 23.3. The van der Waals surface area contributed by atoms with E-state index in [1.807, 2.05) is 48.5 Å². The summed E-state index contributed by atoms with van der Waals surface area (Å²) in [6.45, 7) is 0. The van der Waals surface area contributed by atoms with Gasteiger partial charge in [0.25, 0.3) is 0 Å². The lowest BCUT2D eigenvalue weighted by Crippen LogP contribution is -2.21. The molecule has 3 aromatic carbocycles. The Kier molecular flexibility index (Phi) is 7.99. The van der Waals surface area contributed by atoms with E-state index in [2.05, 4.69) is 24.3 Å². The molecule has 0 aliphatic carbocycles. The van der Waals surface area contributed by atoms with Crippen LogP contribution in [-0.2, 0) is 20.0 Å². The second kappa shape index (κ2) is 9.91. The number of benzene rings is 3. The summed E-state index contributed by atoms with van der Waals surface area (Å²) in [5, 5.41) is 3.76. The number of hydrogen-bond donors (Lipinski definition) is 0. The Morgan fingerprint density at radius 3 is 1.29 bits per heavy atom. The molecule has 0 aromatic heterocycles. The van der Waals surface area contributed by atoms with Crippen LogP contribution in [0.25, 0.3) is 0 Å². The molecule has 0 aliphatic rings. The normalized spacial score (nSPS) is 12.2. The molecule has 0 saturated carbocycles. The predicted octanol–water partition coefficient (Wildman–Crippen LogP) is 2.63. The molecule has 0 bridgehead atoms. The molecule has 0 saturated heterocycles. The lowest BCUT2D eigenvalue weighted by Gasteiger charge is -2.11. The number of halogens is 3. The molecule has 0 fully saturated rings. The van der Waals surface area contributed by atoms with Crippen molar-refractivity contribution in [3.8, 4) is 0 Å². The molecule has 0 aliphatic heterocycles. The van der Waals surface area contributed by atoms with Gasteiger partial charge in [0, 0.05) is 6.26 Å². The third kappa shape index (κ3) is 7.14. The van der Waals surface area contributed by atoms with Crippen molar-refractivity contribution in [1.29, 1.82) is 0 Å². The highest BCUT2D eigenvalue weighted by Gasteiger charge is 2.36. The van der Waals surface area contributed by atoms with Crippen LogP contribution in [-0.4, -0.2) is 33.2 Å². The monoisotopic (exact) mass is 490 g/mol. The van der Waals surface area contributed by atoms with E-state index < -0.39 is 33.4 Å². The first-order chi connectivity index (χ1) is 14.3. The minimum Gasteiger partial charge on any atom is -0.741 e. The smallest absolute Gasteiger partial charge is 0.485 e. The van der Waals surface area contributed by atoms with Crippen molar-refractivity contribution < 1.29 is 34.6 Å². The second-order valence-electron chi connectivity index (χ2n) is 6.30. The van der Waals surface area contributed by atoms with Crippen LogP contribution in [0.5, 0.6) is 0 Å². The van der Waals surface area contributed by atoms with Crippen molar-refractivity contribution in [3.05, 3.63) is 84.9 Å². The van der Waals surface area contributed by atoms with E-state index in [0.29, 0.717) is 4.90 Å². The van der Waals surface area contributed by atoms with Gasteiger partial charge in [-0.15, -0.1) is 0 Å². The molecule has 0 amide bonds. The molecule has 11 heteroatoms. The molecule has 3 rings (SSSR count). The molecule has 0 heterocycles. The highest BCUT2D eigenvalue weighted by atomic mass is 32.2. The van der Waals surface area contributed by atoms with Crippen molar-refractivity contribution in [2.45, 2.75) is 10.4 Å². The fraction of sp³-hybridized carbons (Fsp3) is 0.100. The first kappa shape index (κ1) is 25.0. The summed E-state index contributed by atoms with van der Waals surface area (Å²) >= 11 is 0. The van der Waals surface area contributed by atoms with E-state index in [4.69, 9.17) is 13.0 Å². The molecular formula is C20H18F3O5PS2. The first-order valence-electron chi connectivity index (χ1n) is 8.61. The Balaban J connectivity index is 0.000000366. The Hall–Kier alpha value is -2.26. The van der Waals surface area contributed by atoms with Gasteiger partial charge < -0.3 is 4.55 Å². The van der Waals surface area contributed by atoms with E-state index in [1.165, 1.54) is 22.2 Å². The van der Waals surface area contributed by atoms with E-state index in [9.17, 15) is 21.6 Å². The molecular weight excluding hydrogens is 472 g/mol. The van der Waals surface area contributed by atoms with Gasteiger partial charge in [-0.1, -0.05) is 36.4 Å². The zero-order valence-corrected chi connectivity index (χ0v) is 18.7. The number of sulfone groups is 1. The van der Waals surface area contributed by atoms with Crippen molar-refractivity contribution in [2.75, 3.05) is 6.26 Å². The predicted molar refractivity (Wildman–Crippen MR) is 115 cm³/mol. The van der Waals surface area contributed by atoms with Crippen molar-refractivity contribution in [2.24, 2.45) is 0 Å². The van der Waals surface area contributed by atoms with Gasteiger partial charge >= 0.3 is 5.51 Å². The van der Waals surface area contributed by atoms with Gasteiger partial charge in [-0.3, -0.25) is 0 Å². The maximum absolute atomic E-state index is 11.7. The highest BCUT2D eigenvalue weighted by Crippen LogP contribution is 2.32. The molecule has 31 heavy (non-hydrogen) atoms. The fourth-order valence-corrected chi connectivity index (χ4v) is 5.76. The van der Waals surface area contributed by atoms with Crippen molar-refractivity contribution in [1.82, 2.24) is 0 Å². The van der Waals surface area contributed by atoms with Crippen LogP contribution in [0.1, 0.15) is 0 Å². The number of alkyl halides is 3. The Labute approximate surface area is 180 Å². The average Bonchev–Trinajstić information content (AvgIpc) is 2.69. The van der Waals surface area contributed by atoms with Crippen LogP contribution in [0, 0.1) is 0 Å². The van der Waals surface area contributed by atoms with Gasteiger partial charge in [-0.25, -0.2) is 16.8 Å². The molecule has 0 N–H and O–H groups in total. The molecule has 3 aromatic rings. The quantitative estimate of drug-likeness (QED) is 0.319. The fourth-order valence-electron chi connectivity index (χ4n) is 2.58. The Morgan fingerprint density at radius 1 is 0.677 bits per heavy atom. The van der Waals surface area contributed by atoms with Crippen LogP contribution >= 0.6 is 7.92 Å². The average molecular weight is 490 g/mol. The largest absolute Gasteiger partial charge is 0.741 e. The second-order valence-corrected chi connectivity index (χ2v) is 12.2. The molecule has 0 spiro atoms. The summed E-state index contributed by atoms with van der Waals surface area (Å²) in [4.78, 5) is 0.365. The van der Waals surface area contributed by atoms with Gasteiger partial charge in [0.05, 0.1) is 12.8 Å². The summed E-state index contributed by atoms with van der Waals surface area (Å²) < 4.78 is 82.2. The Bertz CT molecular complexity index is 1160. The van der Waals surface area contributed by atoms with Crippen molar-refractivity contribution in [3.63, 3.8) is 0 Å². The maximum Gasteiger partial charge on any atom is 0.485 e. The van der Waals surface area contributed by atoms with E-state index >= 15 is 0 Å². The van der Waals surface area contributed by atoms with Crippen LogP contribution in [0.15, 0.2) is 89.8 Å². The van der Waals surface area contributed by atoms with E-state index in [-0.39, 0.29) is 0 Å². The van der Waals surface area contributed by atoms with Crippen molar-refractivity contribution >= 4 is 43.8 Å². The summed E-state index contributed by atoms with van der Waals surface area (Å²) in [5.41, 5.74) is -5.65. The summed E-state index contributed by atoms with van der Waals surface area (Å²) in [6, 6.07) is 28.1. The lowest BCUT2D eigenvalue weighted by atomic mass is 10.3. The summed E-state index contributed by atoms with van der Waals surface area (Å²) in [5.74, 6) is 0. The molecule has 0 radical (unpaired) electrons. The third-order valence-corrected chi connectivity index (χ3v) is 8.41. The molecule has 5 nitrogen and oxygen atoms in total. The van der Waals surface area contributed by atoms with Gasteiger partial charge in [0.1, 0.15) is 15.9 Å². The highest BCUT2D eigenvalue weighted by molar-refractivity contribution is 7.90. The maximum atomic E-state index is 11.7. The standard InChI is InChI=1S/C19H17O2PS.CHF3O3S/c1-23(20,21)19-14-12-18(13-15-19)22(16-8-4-2-5-9-16)17-10-6-3-7-11-17;2-1(3,4)8(5,6)7/h2-15H,1H3;(H,5,6,7). The van der Waals surface area contributed by atoms with E-state index in [1.54, 1.807) is 12.1 Å². The minimum atomic E-state index is -6.09. The van der Waals surface area contributed by atoms with Gasteiger partial charge in [0.2, 0.25) is 0 Å². The van der Waals surface area contributed by atoms with Crippen LogP contribution < -0.4 is 15.9 Å². The third-order valence-electron chi connectivity index (χ3n) is 3.98. The SMILES string of the molecule is CS(=O)(=O)c1ccc([PH+](c2ccccc2)c2ccccc2)cc1.O=S(=O)([O-])C(F)(F)F. The lowest BCUT2D eigenvalue weighted by molar-refractivity contribution is -0.0517. The zero-order valence-electron chi connectivity index (χ0n) is 16.1. The minimum absolute atomic E-state index is 0.365. The molecule has 0 atom stereocenters. The van der Waals surface area contributed by atoms with Gasteiger partial charge in [-0.05, 0) is 48.5 Å². The molecule has 0 unspecified atom stereocenters. The molecule has 166 valence electrons. The first-order valence-corrected chi connectivity index (χ1v) is 13.4. The summed E-state index contributed by atoms with van der Waals surface area (Å²) in [6.07, 6.45) is 1.24. The Morgan fingerprint density at radius 2 is 1.00 bits per heavy atom. The van der Waals surface area contributed by atoms with Gasteiger partial charge in [0.15, 0.2) is 20.0 Å². The van der Waals surface area contributed by atoms with Gasteiger partial charge in [-0.2, -0.15) is 13.2 Å². The van der Waals surface area contributed by atoms with E-state index in [0.717, 1.165) is 0 Å². The van der Waals surface area contributed by atoms with Crippen LogP contribution in [0.4, 0.5) is 13.2 Å². The van der Waals surface area contributed by atoms with Crippen LogP contribution in [0.3, 0.4) is 0 Å². The number of rotatable bonds is 4. The van der Waals surface area contributed by atoms with Crippen LogP contribution in [0.2, 0.25) is 0 Å².